The molecule has 5 nitrogen and oxygen atoms in total. The number of hydrogen-bond donors (Lipinski definition) is 2. The molecule has 0 spiro atoms. The molecule has 1 rings (SSSR count). The van der Waals surface area contributed by atoms with E-state index in [1.165, 1.54) is 0 Å². The van der Waals surface area contributed by atoms with Crippen molar-refractivity contribution in [3.8, 4) is 0 Å². The van der Waals surface area contributed by atoms with Crippen LogP contribution in [0.25, 0.3) is 0 Å². The van der Waals surface area contributed by atoms with Gasteiger partial charge in [0.1, 0.15) is 6.61 Å². The van der Waals surface area contributed by atoms with Crippen molar-refractivity contribution in [3.05, 3.63) is 21.9 Å². The molecular formula is C11H16N2O3S. The number of aryl methyl sites for hydroxylation is 1. The van der Waals surface area contributed by atoms with Gasteiger partial charge < -0.3 is 15.4 Å². The first-order chi connectivity index (χ1) is 8.19. The Labute approximate surface area is 104 Å². The first kappa shape index (κ1) is 13.5. The topological polar surface area (TPSA) is 67.4 Å². The number of hydrogen-bond acceptors (Lipinski definition) is 4. The number of carbonyl (C=O) groups is 2. The van der Waals surface area contributed by atoms with Gasteiger partial charge in [-0.2, -0.15) is 11.3 Å². The molecule has 94 valence electrons. The molecule has 2 amide bonds. The molecule has 1 unspecified atom stereocenters. The van der Waals surface area contributed by atoms with Crippen LogP contribution in [0.5, 0.6) is 0 Å². The van der Waals surface area contributed by atoms with Gasteiger partial charge in [0, 0.05) is 6.54 Å². The standard InChI is InChI=1S/C11H16N2O3S/c1-3-12-11(15)13-10(4-16-7-14)9-6-17-5-8(9)2/h5-7,10H,3-4H2,1-2H3,(H2,12,13,15). The summed E-state index contributed by atoms with van der Waals surface area (Å²) in [5, 5.41) is 9.35. The van der Waals surface area contributed by atoms with Crippen LogP contribution in [-0.2, 0) is 9.53 Å². The van der Waals surface area contributed by atoms with E-state index >= 15 is 0 Å². The molecule has 0 bridgehead atoms. The third-order valence-corrected chi connectivity index (χ3v) is 3.12. The van der Waals surface area contributed by atoms with E-state index < -0.39 is 0 Å². The molecule has 0 fully saturated rings. The van der Waals surface area contributed by atoms with Crippen LogP contribution >= 0.6 is 11.3 Å². The zero-order valence-corrected chi connectivity index (χ0v) is 10.7. The van der Waals surface area contributed by atoms with Gasteiger partial charge in [-0.1, -0.05) is 0 Å². The highest BCUT2D eigenvalue weighted by Crippen LogP contribution is 2.21. The SMILES string of the molecule is CCNC(=O)NC(COC=O)c1cscc1C. The van der Waals surface area contributed by atoms with Crippen molar-refractivity contribution in [3.63, 3.8) is 0 Å². The van der Waals surface area contributed by atoms with E-state index in [0.717, 1.165) is 11.1 Å². The Hall–Kier alpha value is -1.56. The molecule has 17 heavy (non-hydrogen) atoms. The number of rotatable bonds is 6. The van der Waals surface area contributed by atoms with Gasteiger partial charge in [0.2, 0.25) is 0 Å². The molecule has 0 saturated carbocycles. The number of nitrogens with one attached hydrogen (secondary N) is 2. The van der Waals surface area contributed by atoms with Crippen molar-refractivity contribution in [1.82, 2.24) is 10.6 Å². The number of carbonyl (C=O) groups excluding carboxylic acids is 2. The lowest BCUT2D eigenvalue weighted by atomic mass is 10.1. The third kappa shape index (κ3) is 4.07. The lowest BCUT2D eigenvalue weighted by Gasteiger charge is -2.18. The Morgan fingerprint density at radius 3 is 2.88 bits per heavy atom. The van der Waals surface area contributed by atoms with E-state index in [9.17, 15) is 9.59 Å². The van der Waals surface area contributed by atoms with E-state index in [1.54, 1.807) is 11.3 Å². The zero-order chi connectivity index (χ0) is 12.7. The van der Waals surface area contributed by atoms with Gasteiger partial charge in [-0.3, -0.25) is 4.79 Å². The second-order valence-electron chi connectivity index (χ2n) is 3.50. The first-order valence-electron chi connectivity index (χ1n) is 5.31. The molecule has 1 heterocycles. The van der Waals surface area contributed by atoms with Gasteiger partial charge >= 0.3 is 6.03 Å². The fourth-order valence-corrected chi connectivity index (χ4v) is 2.35. The molecule has 0 aliphatic carbocycles. The van der Waals surface area contributed by atoms with Crippen LogP contribution in [0.1, 0.15) is 24.1 Å². The maximum Gasteiger partial charge on any atom is 0.315 e. The molecular weight excluding hydrogens is 240 g/mol. The highest BCUT2D eigenvalue weighted by molar-refractivity contribution is 7.08. The maximum atomic E-state index is 11.5. The molecule has 1 atom stereocenters. The first-order valence-corrected chi connectivity index (χ1v) is 6.25. The van der Waals surface area contributed by atoms with Gasteiger partial charge in [0.25, 0.3) is 6.47 Å². The maximum absolute atomic E-state index is 11.5. The molecule has 6 heteroatoms. The summed E-state index contributed by atoms with van der Waals surface area (Å²) in [4.78, 5) is 21.7. The average molecular weight is 256 g/mol. The van der Waals surface area contributed by atoms with Crippen molar-refractivity contribution in [2.45, 2.75) is 19.9 Å². The smallest absolute Gasteiger partial charge is 0.315 e. The van der Waals surface area contributed by atoms with Crippen LogP contribution in [0.3, 0.4) is 0 Å². The molecule has 0 saturated heterocycles. The van der Waals surface area contributed by atoms with Gasteiger partial charge in [0.05, 0.1) is 6.04 Å². The minimum absolute atomic E-state index is 0.137. The zero-order valence-electron chi connectivity index (χ0n) is 9.86. The predicted octanol–water partition coefficient (Wildman–Crippen LogP) is 1.59. The second kappa shape index (κ2) is 6.90. The van der Waals surface area contributed by atoms with Gasteiger partial charge in [-0.05, 0) is 35.7 Å². The Morgan fingerprint density at radius 1 is 1.59 bits per heavy atom. The van der Waals surface area contributed by atoms with Crippen molar-refractivity contribution in [2.24, 2.45) is 0 Å². The summed E-state index contributed by atoms with van der Waals surface area (Å²) < 4.78 is 4.74. The molecule has 2 N–H and O–H groups in total. The van der Waals surface area contributed by atoms with Crippen molar-refractivity contribution >= 4 is 23.8 Å². The molecule has 0 aliphatic heterocycles. The fraction of sp³-hybridized carbons (Fsp3) is 0.455. The van der Waals surface area contributed by atoms with Crippen molar-refractivity contribution in [1.29, 1.82) is 0 Å². The van der Waals surface area contributed by atoms with Crippen LogP contribution in [-0.4, -0.2) is 25.7 Å². The van der Waals surface area contributed by atoms with Crippen LogP contribution in [0.15, 0.2) is 10.8 Å². The highest BCUT2D eigenvalue weighted by atomic mass is 32.1. The largest absolute Gasteiger partial charge is 0.465 e. The number of urea groups is 1. The predicted molar refractivity (Wildman–Crippen MR) is 66.0 cm³/mol. The lowest BCUT2D eigenvalue weighted by molar-refractivity contribution is -0.129. The molecule has 0 aromatic carbocycles. The monoisotopic (exact) mass is 256 g/mol. The van der Waals surface area contributed by atoms with Crippen LogP contribution in [0, 0.1) is 6.92 Å². The third-order valence-electron chi connectivity index (χ3n) is 2.24. The summed E-state index contributed by atoms with van der Waals surface area (Å²) in [5.41, 5.74) is 2.05. The van der Waals surface area contributed by atoms with Crippen LogP contribution < -0.4 is 10.6 Å². The average Bonchev–Trinajstić information content (AvgIpc) is 2.71. The van der Waals surface area contributed by atoms with Gasteiger partial charge in [-0.25, -0.2) is 4.79 Å². The summed E-state index contributed by atoms with van der Waals surface area (Å²) in [5.74, 6) is 0. The summed E-state index contributed by atoms with van der Waals surface area (Å²) in [6.07, 6.45) is 0. The molecule has 0 radical (unpaired) electrons. The normalized spacial score (nSPS) is 11.6. The Bertz CT molecular complexity index is 379. The highest BCUT2D eigenvalue weighted by Gasteiger charge is 2.17. The van der Waals surface area contributed by atoms with E-state index in [0.29, 0.717) is 13.0 Å². The van der Waals surface area contributed by atoms with Crippen LogP contribution in [0.4, 0.5) is 4.79 Å². The Balaban J connectivity index is 2.70. The minimum atomic E-state index is -0.307. The van der Waals surface area contributed by atoms with E-state index in [1.807, 2.05) is 24.6 Å². The second-order valence-corrected chi connectivity index (χ2v) is 4.24. The number of ether oxygens (including phenoxy) is 1. The van der Waals surface area contributed by atoms with E-state index in [2.05, 4.69) is 10.6 Å². The molecule has 1 aromatic heterocycles. The number of thiophene rings is 1. The summed E-state index contributed by atoms with van der Waals surface area (Å²) in [7, 11) is 0. The summed E-state index contributed by atoms with van der Waals surface area (Å²) in [6.45, 7) is 4.87. The number of amides is 2. The van der Waals surface area contributed by atoms with E-state index in [4.69, 9.17) is 4.74 Å². The lowest BCUT2D eigenvalue weighted by Crippen LogP contribution is -2.39. The molecule has 0 aliphatic rings. The Kier molecular flexibility index (Phi) is 5.48. The summed E-state index contributed by atoms with van der Waals surface area (Å²) >= 11 is 1.55. The van der Waals surface area contributed by atoms with Gasteiger partial charge in [-0.15, -0.1) is 0 Å². The van der Waals surface area contributed by atoms with Crippen molar-refractivity contribution in [2.75, 3.05) is 13.2 Å². The Morgan fingerprint density at radius 2 is 2.35 bits per heavy atom. The summed E-state index contributed by atoms with van der Waals surface area (Å²) in [6, 6.07) is -0.574. The van der Waals surface area contributed by atoms with Gasteiger partial charge in [0.15, 0.2) is 0 Å². The van der Waals surface area contributed by atoms with Crippen molar-refractivity contribution < 1.29 is 14.3 Å². The molecule has 1 aromatic rings. The quantitative estimate of drug-likeness (QED) is 0.759. The minimum Gasteiger partial charge on any atom is -0.465 e. The van der Waals surface area contributed by atoms with E-state index in [-0.39, 0.29) is 18.7 Å². The fourth-order valence-electron chi connectivity index (χ4n) is 1.44. The van der Waals surface area contributed by atoms with Crippen LogP contribution in [0.2, 0.25) is 0 Å².